The molecule has 3 aromatic rings. The first-order valence-electron chi connectivity index (χ1n) is 10.3. The zero-order valence-corrected chi connectivity index (χ0v) is 16.2. The van der Waals surface area contributed by atoms with Crippen LogP contribution in [0.4, 0.5) is 0 Å². The SMILES string of the molecule is O=C(c1ccccc1)[C@@H](c1ccccc1)[C@H](c1ccccc1)N1CCCCC1. The largest absolute Gasteiger partial charge is 0.295 e. The van der Waals surface area contributed by atoms with Gasteiger partial charge in [0.2, 0.25) is 0 Å². The Hall–Kier alpha value is -2.71. The fraction of sp³-hybridized carbons (Fsp3) is 0.269. The summed E-state index contributed by atoms with van der Waals surface area (Å²) in [5.41, 5.74) is 3.10. The number of ketones is 1. The monoisotopic (exact) mass is 369 g/mol. The van der Waals surface area contributed by atoms with Gasteiger partial charge in [-0.05, 0) is 37.1 Å². The topological polar surface area (TPSA) is 20.3 Å². The first kappa shape index (κ1) is 18.6. The second-order valence-electron chi connectivity index (χ2n) is 7.57. The molecule has 0 aromatic heterocycles. The lowest BCUT2D eigenvalue weighted by Crippen LogP contribution is -2.39. The second-order valence-corrected chi connectivity index (χ2v) is 7.57. The lowest BCUT2D eigenvalue weighted by molar-refractivity contribution is 0.0835. The number of hydrogen-bond donors (Lipinski definition) is 0. The van der Waals surface area contributed by atoms with Crippen LogP contribution in [0, 0.1) is 0 Å². The molecule has 1 saturated heterocycles. The van der Waals surface area contributed by atoms with Crippen molar-refractivity contribution in [2.45, 2.75) is 31.2 Å². The summed E-state index contributed by atoms with van der Waals surface area (Å²) in [5.74, 6) is -0.0182. The van der Waals surface area contributed by atoms with Gasteiger partial charge in [0.1, 0.15) is 0 Å². The van der Waals surface area contributed by atoms with Gasteiger partial charge in [0.25, 0.3) is 0 Å². The van der Waals surface area contributed by atoms with E-state index < -0.39 is 0 Å². The molecule has 0 aliphatic carbocycles. The van der Waals surface area contributed by atoms with Crippen LogP contribution in [0.25, 0.3) is 0 Å². The Morgan fingerprint density at radius 2 is 1.14 bits per heavy atom. The van der Waals surface area contributed by atoms with E-state index in [1.54, 1.807) is 0 Å². The van der Waals surface area contributed by atoms with Gasteiger partial charge >= 0.3 is 0 Å². The molecule has 0 N–H and O–H groups in total. The first-order valence-corrected chi connectivity index (χ1v) is 10.3. The predicted octanol–water partition coefficient (Wildman–Crippen LogP) is 5.88. The molecule has 142 valence electrons. The van der Waals surface area contributed by atoms with Crippen molar-refractivity contribution < 1.29 is 4.79 Å². The molecule has 1 aliphatic rings. The average molecular weight is 370 g/mol. The molecule has 0 bridgehead atoms. The number of Topliss-reactive ketones (excluding diaryl/α,β-unsaturated/α-hetero) is 1. The zero-order valence-electron chi connectivity index (χ0n) is 16.2. The maximum atomic E-state index is 13.8. The number of nitrogens with zero attached hydrogens (tertiary/aromatic N) is 1. The summed E-state index contributed by atoms with van der Waals surface area (Å²) in [6.45, 7) is 2.09. The summed E-state index contributed by atoms with van der Waals surface area (Å²) < 4.78 is 0. The van der Waals surface area contributed by atoms with Gasteiger partial charge in [-0.25, -0.2) is 0 Å². The van der Waals surface area contributed by atoms with Gasteiger partial charge < -0.3 is 0 Å². The molecular formula is C26H27NO. The molecule has 28 heavy (non-hydrogen) atoms. The van der Waals surface area contributed by atoms with Crippen molar-refractivity contribution in [3.8, 4) is 0 Å². The number of benzene rings is 3. The van der Waals surface area contributed by atoms with Crippen molar-refractivity contribution in [3.63, 3.8) is 0 Å². The summed E-state index contributed by atoms with van der Waals surface area (Å²) >= 11 is 0. The highest BCUT2D eigenvalue weighted by Gasteiger charge is 2.36. The maximum Gasteiger partial charge on any atom is 0.172 e. The number of carbonyl (C=O) groups is 1. The second kappa shape index (κ2) is 8.99. The van der Waals surface area contributed by atoms with Crippen LogP contribution in [0.15, 0.2) is 91.0 Å². The average Bonchev–Trinajstić information content (AvgIpc) is 2.79. The molecule has 0 amide bonds. The molecule has 4 rings (SSSR count). The molecule has 0 spiro atoms. The molecule has 2 heteroatoms. The minimum atomic E-state index is -0.218. The van der Waals surface area contributed by atoms with Crippen LogP contribution in [-0.2, 0) is 0 Å². The number of rotatable bonds is 6. The molecule has 0 saturated carbocycles. The summed E-state index contributed by atoms with van der Waals surface area (Å²) in [6, 6.07) is 30.7. The van der Waals surface area contributed by atoms with Gasteiger partial charge in [-0.3, -0.25) is 9.69 Å². The third kappa shape index (κ3) is 4.07. The predicted molar refractivity (Wildman–Crippen MR) is 115 cm³/mol. The Morgan fingerprint density at radius 1 is 0.643 bits per heavy atom. The summed E-state index contributed by atoms with van der Waals surface area (Å²) in [7, 11) is 0. The van der Waals surface area contributed by atoms with E-state index in [9.17, 15) is 4.79 Å². The van der Waals surface area contributed by atoms with Crippen molar-refractivity contribution in [3.05, 3.63) is 108 Å². The molecule has 2 nitrogen and oxygen atoms in total. The summed E-state index contributed by atoms with van der Waals surface area (Å²) in [4.78, 5) is 16.3. The van der Waals surface area contributed by atoms with Crippen molar-refractivity contribution in [2.75, 3.05) is 13.1 Å². The lowest BCUT2D eigenvalue weighted by Gasteiger charge is -2.39. The Bertz CT molecular complexity index is 870. The minimum absolute atomic E-state index is 0.0524. The standard InChI is InChI=1S/C26H27NO/c28-26(23-17-9-3-10-18-23)24(21-13-5-1-6-14-21)25(22-15-7-2-8-16-22)27-19-11-4-12-20-27/h1-3,5-10,13-18,24-25H,4,11-12,19-20H2/t24-,25-/m0/s1. The van der Waals surface area contributed by atoms with Crippen LogP contribution in [-0.4, -0.2) is 23.8 Å². The highest BCUT2D eigenvalue weighted by Crippen LogP contribution is 2.39. The number of carbonyl (C=O) groups excluding carboxylic acids is 1. The molecule has 3 aromatic carbocycles. The molecular weight excluding hydrogens is 342 g/mol. The van der Waals surface area contributed by atoms with Crippen LogP contribution >= 0.6 is 0 Å². The zero-order chi connectivity index (χ0) is 19.2. The van der Waals surface area contributed by atoms with Gasteiger partial charge in [0.15, 0.2) is 5.78 Å². The van der Waals surface area contributed by atoms with E-state index in [0.29, 0.717) is 0 Å². The van der Waals surface area contributed by atoms with Crippen molar-refractivity contribution in [2.24, 2.45) is 0 Å². The highest BCUT2D eigenvalue weighted by atomic mass is 16.1. The van der Waals surface area contributed by atoms with Crippen molar-refractivity contribution in [1.29, 1.82) is 0 Å². The van der Waals surface area contributed by atoms with Crippen molar-refractivity contribution in [1.82, 2.24) is 4.90 Å². The van der Waals surface area contributed by atoms with E-state index >= 15 is 0 Å². The number of likely N-dealkylation sites (tertiary alicyclic amines) is 1. The van der Waals surface area contributed by atoms with Crippen LogP contribution in [0.5, 0.6) is 0 Å². The van der Waals surface area contributed by atoms with E-state index in [1.807, 2.05) is 54.6 Å². The molecule has 2 atom stereocenters. The maximum absolute atomic E-state index is 13.8. The van der Waals surface area contributed by atoms with E-state index in [0.717, 1.165) is 24.2 Å². The molecule has 1 aliphatic heterocycles. The fourth-order valence-corrected chi connectivity index (χ4v) is 4.38. The van der Waals surface area contributed by atoms with Crippen LogP contribution < -0.4 is 0 Å². The number of hydrogen-bond acceptors (Lipinski definition) is 2. The summed E-state index contributed by atoms with van der Waals surface area (Å²) in [6.07, 6.45) is 3.68. The van der Waals surface area contributed by atoms with Gasteiger partial charge in [0, 0.05) is 11.6 Å². The van der Waals surface area contributed by atoms with Gasteiger partial charge in [-0.1, -0.05) is 97.4 Å². The lowest BCUT2D eigenvalue weighted by atomic mass is 9.80. The summed E-state index contributed by atoms with van der Waals surface area (Å²) in [5, 5.41) is 0. The Balaban J connectivity index is 1.82. The fourth-order valence-electron chi connectivity index (χ4n) is 4.38. The third-order valence-electron chi connectivity index (χ3n) is 5.74. The molecule has 0 radical (unpaired) electrons. The van der Waals surface area contributed by atoms with E-state index in [1.165, 1.54) is 24.8 Å². The Morgan fingerprint density at radius 3 is 1.71 bits per heavy atom. The third-order valence-corrected chi connectivity index (χ3v) is 5.74. The Labute approximate surface area is 167 Å². The molecule has 0 unspecified atom stereocenters. The van der Waals surface area contributed by atoms with Gasteiger partial charge in [-0.2, -0.15) is 0 Å². The quantitative estimate of drug-likeness (QED) is 0.506. The highest BCUT2D eigenvalue weighted by molar-refractivity contribution is 6.01. The first-order chi connectivity index (χ1) is 13.8. The Kier molecular flexibility index (Phi) is 5.98. The van der Waals surface area contributed by atoms with E-state index in [4.69, 9.17) is 0 Å². The van der Waals surface area contributed by atoms with E-state index in [-0.39, 0.29) is 17.7 Å². The number of piperidine rings is 1. The van der Waals surface area contributed by atoms with Crippen LogP contribution in [0.3, 0.4) is 0 Å². The minimum Gasteiger partial charge on any atom is -0.295 e. The van der Waals surface area contributed by atoms with Gasteiger partial charge in [-0.15, -0.1) is 0 Å². The molecule has 1 fully saturated rings. The van der Waals surface area contributed by atoms with E-state index in [2.05, 4.69) is 41.3 Å². The van der Waals surface area contributed by atoms with Crippen LogP contribution in [0.1, 0.15) is 52.7 Å². The van der Waals surface area contributed by atoms with Crippen molar-refractivity contribution >= 4 is 5.78 Å². The normalized spacial score (nSPS) is 17.0. The molecule has 1 heterocycles. The van der Waals surface area contributed by atoms with Gasteiger partial charge in [0.05, 0.1) is 5.92 Å². The smallest absolute Gasteiger partial charge is 0.172 e. The van der Waals surface area contributed by atoms with Crippen LogP contribution in [0.2, 0.25) is 0 Å².